The number of hydrogen-bond acceptors (Lipinski definition) is 9. The van der Waals surface area contributed by atoms with Crippen molar-refractivity contribution in [3.8, 4) is 214 Å². The zero-order chi connectivity index (χ0) is 95.1. The van der Waals surface area contributed by atoms with Gasteiger partial charge in [0.2, 0.25) is 0 Å². The molecule has 0 spiro atoms. The summed E-state index contributed by atoms with van der Waals surface area (Å²) in [5.74, 6) is 6.03. The maximum absolute atomic E-state index is 5.28. The molecular formula is C129H97N9Si3. The Labute approximate surface area is 826 Å². The smallest absolute Gasteiger partial charge is 0.164 e. The van der Waals surface area contributed by atoms with Crippen LogP contribution in [-0.2, 0) is 0 Å². The highest BCUT2D eigenvalue weighted by Crippen LogP contribution is 2.45. The van der Waals surface area contributed by atoms with Crippen molar-refractivity contribution in [3.05, 3.63) is 479 Å². The van der Waals surface area contributed by atoms with Gasteiger partial charge in [-0.25, -0.2) is 44.9 Å². The predicted molar refractivity (Wildman–Crippen MR) is 593 cm³/mol. The Morgan fingerprint density at radius 1 is 0.113 bits per heavy atom. The number of benzene rings is 19. The first-order valence-corrected chi connectivity index (χ1v) is 57.2. The van der Waals surface area contributed by atoms with E-state index in [0.717, 1.165) is 100 Å². The first kappa shape index (κ1) is 87.9. The summed E-state index contributed by atoms with van der Waals surface area (Å²) >= 11 is 0. The van der Waals surface area contributed by atoms with Crippen molar-refractivity contribution in [1.82, 2.24) is 44.9 Å². The lowest BCUT2D eigenvalue weighted by molar-refractivity contribution is 1.07. The Hall–Kier alpha value is -17.1. The van der Waals surface area contributed by atoms with E-state index in [4.69, 9.17) is 44.9 Å². The second-order valence-corrected chi connectivity index (χ2v) is 50.8. The monoisotopic (exact) mass is 1860 g/mol. The third-order valence-corrected chi connectivity index (χ3v) is 38.7. The van der Waals surface area contributed by atoms with Gasteiger partial charge < -0.3 is 0 Å². The molecule has 0 N–H and O–H groups in total. The van der Waals surface area contributed by atoms with Gasteiger partial charge in [-0.05, 0) is 185 Å². The zero-order valence-corrected chi connectivity index (χ0v) is 82.1. The van der Waals surface area contributed by atoms with Crippen molar-refractivity contribution < 1.29 is 0 Å². The first-order chi connectivity index (χ1) is 69.2. The normalized spacial score (nSPS) is 12.8. The summed E-state index contributed by atoms with van der Waals surface area (Å²) in [7, 11) is -5.66. The van der Waals surface area contributed by atoms with Crippen LogP contribution < -0.4 is 31.1 Å². The molecule has 0 aliphatic carbocycles. The van der Waals surface area contributed by atoms with Crippen molar-refractivity contribution in [2.75, 3.05) is 0 Å². The summed E-state index contributed by atoms with van der Waals surface area (Å²) in [4.78, 5) is 46.5. The van der Waals surface area contributed by atoms with Crippen LogP contribution >= 0.6 is 0 Å². The summed E-state index contributed by atoms with van der Waals surface area (Å²) in [6.45, 7) is 14.7. The molecule has 0 radical (unpaired) electrons. The summed E-state index contributed by atoms with van der Waals surface area (Å²) < 4.78 is 0. The van der Waals surface area contributed by atoms with Crippen molar-refractivity contribution >= 4 is 55.3 Å². The third kappa shape index (κ3) is 17.0. The van der Waals surface area contributed by atoms with E-state index in [1.807, 2.05) is 54.6 Å². The van der Waals surface area contributed by atoms with E-state index in [1.165, 1.54) is 92.3 Å². The van der Waals surface area contributed by atoms with Gasteiger partial charge in [-0.15, -0.1) is 0 Å². The van der Waals surface area contributed by atoms with Gasteiger partial charge in [-0.1, -0.05) is 476 Å². The Morgan fingerprint density at radius 3 is 0.702 bits per heavy atom. The molecule has 0 bridgehead atoms. The minimum absolute atomic E-state index is 0.653. The van der Waals surface area contributed by atoms with Gasteiger partial charge in [0.15, 0.2) is 52.4 Å². The van der Waals surface area contributed by atoms with Gasteiger partial charge in [0.1, 0.15) is 24.2 Å². The van der Waals surface area contributed by atoms with Crippen LogP contribution in [0.15, 0.2) is 479 Å². The average molecular weight is 1860 g/mol. The average Bonchev–Trinajstić information content (AvgIpc) is 1.58. The highest BCUT2D eigenvalue weighted by atomic mass is 28.3. The summed E-state index contributed by atoms with van der Waals surface area (Å²) in [6, 6.07) is 169. The molecule has 0 saturated heterocycles. The Kier molecular flexibility index (Phi) is 23.3. The standard InChI is InChI=1S/C47H35N3Si.2C41H31N3Si/c1-51(2)43-28-25-38(30-42(43)39-26-23-37(31-44(39)51)33-17-9-4-10-18-33)46-48-45(35-21-13-6-14-22-35)49-47(50-46)40-27-24-36(32-15-7-3-8-16-32)29-41(40)34-19-11-5-12-20-34;1-45(2)36-23-13-12-21-33(36)38-34(22-14-24-37(38)45)41-43-39(30-19-10-5-11-20-30)42-40(44-41)32-26-25-31(28-15-6-3-7-16-28)27-35(32)29-17-8-4-9-18-29;1-45(2)37-21-13-12-20-33(37)34-24-23-32(27-38(34)45)40-42-39(30-18-10-5-11-19-30)43-41(44-40)35-25-22-31(28-14-6-3-7-15-28)26-36(35)29-16-8-4-9-17-29/h3-31H,1-2H3;2*3-27H,1-2H3. The van der Waals surface area contributed by atoms with E-state index in [2.05, 4.69) is 464 Å². The first-order valence-electron chi connectivity index (χ1n) is 48.2. The highest BCUT2D eigenvalue weighted by Gasteiger charge is 2.42. The SMILES string of the molecule is C[Si]1(C)c2ccc(-c3nc(-c4ccccc4)nc(-c4ccc(-c5ccccc5)cc4-c4ccccc4)n3)cc2-c2ccc(-c3ccccc3)cc21.C[Si]1(C)c2ccccc2-c2c(-c3nc(-c4ccccc4)nc(-c4ccc(-c5ccccc5)cc4-c4ccccc4)n3)cccc21.C[Si]1(C)c2ccccc2-c2ccc(-c3nc(-c4ccccc4)nc(-c4ccc(-c5ccccc5)cc4-c4ccccc4)n3)cc21. The Morgan fingerprint density at radius 2 is 0.326 bits per heavy atom. The number of hydrogen-bond donors (Lipinski definition) is 0. The molecular weight excluding hydrogens is 1760 g/mol. The van der Waals surface area contributed by atoms with Crippen molar-refractivity contribution in [2.45, 2.75) is 39.3 Å². The maximum atomic E-state index is 5.28. The minimum atomic E-state index is -1.93. The molecule has 3 aliphatic heterocycles. The lowest BCUT2D eigenvalue weighted by atomic mass is 9.94. The van der Waals surface area contributed by atoms with Gasteiger partial charge in [-0.3, -0.25) is 0 Å². The second kappa shape index (κ2) is 37.4. The molecule has 22 aromatic rings. The van der Waals surface area contributed by atoms with E-state index in [-0.39, 0.29) is 0 Å². The van der Waals surface area contributed by atoms with E-state index in [0.29, 0.717) is 52.4 Å². The molecule has 0 amide bonds. The van der Waals surface area contributed by atoms with Crippen molar-refractivity contribution in [3.63, 3.8) is 0 Å². The van der Waals surface area contributed by atoms with Crippen LogP contribution in [0, 0.1) is 0 Å². The molecule has 3 aromatic heterocycles. The molecule has 3 aliphatic rings. The van der Waals surface area contributed by atoms with Crippen LogP contribution in [0.1, 0.15) is 0 Å². The van der Waals surface area contributed by atoms with Crippen LogP contribution in [0.4, 0.5) is 0 Å². The van der Waals surface area contributed by atoms with Gasteiger partial charge in [0, 0.05) is 50.1 Å². The molecule has 141 heavy (non-hydrogen) atoms. The predicted octanol–water partition coefficient (Wildman–Crippen LogP) is 28.7. The molecule has 670 valence electrons. The lowest BCUT2D eigenvalue weighted by Gasteiger charge is -2.19. The van der Waals surface area contributed by atoms with Crippen LogP contribution in [0.25, 0.3) is 214 Å². The van der Waals surface area contributed by atoms with Gasteiger partial charge >= 0.3 is 0 Å². The number of nitrogens with zero attached hydrogens (tertiary/aromatic N) is 9. The van der Waals surface area contributed by atoms with E-state index in [1.54, 1.807) is 0 Å². The highest BCUT2D eigenvalue weighted by molar-refractivity contribution is 7.05. The fraction of sp³-hybridized carbons (Fsp3) is 0.0465. The molecule has 25 rings (SSSR count). The van der Waals surface area contributed by atoms with Crippen LogP contribution in [0.3, 0.4) is 0 Å². The van der Waals surface area contributed by atoms with Crippen LogP contribution in [-0.4, -0.2) is 69.1 Å². The van der Waals surface area contributed by atoms with E-state index < -0.39 is 24.2 Å². The molecule has 0 saturated carbocycles. The van der Waals surface area contributed by atoms with Crippen molar-refractivity contribution in [1.29, 1.82) is 0 Å². The second-order valence-electron chi connectivity index (χ2n) is 37.8. The molecule has 9 nitrogen and oxygen atoms in total. The molecule has 0 unspecified atom stereocenters. The third-order valence-electron chi connectivity index (χ3n) is 28.1. The molecule has 12 heteroatoms. The molecule has 0 atom stereocenters. The van der Waals surface area contributed by atoms with Gasteiger partial charge in [0.25, 0.3) is 0 Å². The summed E-state index contributed by atoms with van der Waals surface area (Å²) in [5.41, 5.74) is 32.9. The number of rotatable bonds is 16. The molecule has 19 aromatic carbocycles. The molecule has 6 heterocycles. The Bertz CT molecular complexity index is 8450. The maximum Gasteiger partial charge on any atom is 0.164 e. The topological polar surface area (TPSA) is 116 Å². The number of fused-ring (bicyclic) bond motifs is 9. The summed E-state index contributed by atoms with van der Waals surface area (Å²) in [6.07, 6.45) is 0. The lowest BCUT2D eigenvalue weighted by Crippen LogP contribution is -2.49. The zero-order valence-electron chi connectivity index (χ0n) is 79.1. The van der Waals surface area contributed by atoms with Gasteiger partial charge in [0.05, 0.1) is 0 Å². The van der Waals surface area contributed by atoms with Crippen LogP contribution in [0.5, 0.6) is 0 Å². The minimum Gasteiger partial charge on any atom is -0.208 e. The number of aromatic nitrogens is 9. The van der Waals surface area contributed by atoms with E-state index in [9.17, 15) is 0 Å². The van der Waals surface area contributed by atoms with Gasteiger partial charge in [-0.2, -0.15) is 0 Å². The largest absolute Gasteiger partial charge is 0.208 e. The fourth-order valence-corrected chi connectivity index (χ4v) is 30.0. The molecule has 0 fully saturated rings. The fourth-order valence-electron chi connectivity index (χ4n) is 20.7. The van der Waals surface area contributed by atoms with Crippen LogP contribution in [0.2, 0.25) is 39.3 Å². The van der Waals surface area contributed by atoms with Crippen molar-refractivity contribution in [2.24, 2.45) is 0 Å². The summed E-state index contributed by atoms with van der Waals surface area (Å²) in [5, 5.41) is 8.75. The Balaban J connectivity index is 0.000000118. The quantitative estimate of drug-likeness (QED) is 0.0872. The van der Waals surface area contributed by atoms with E-state index >= 15 is 0 Å².